The molecule has 3 N–H and O–H groups in total. The summed E-state index contributed by atoms with van der Waals surface area (Å²) in [5.74, 6) is -0.284. The molecule has 0 spiro atoms. The van der Waals surface area contributed by atoms with Crippen LogP contribution >= 0.6 is 15.9 Å². The van der Waals surface area contributed by atoms with Crippen LogP contribution in [0.25, 0.3) is 0 Å². The normalized spacial score (nSPS) is 9.91. The fraction of sp³-hybridized carbons (Fsp3) is 0.125. The molecule has 0 aromatic heterocycles. The van der Waals surface area contributed by atoms with E-state index < -0.39 is 6.03 Å². The maximum atomic E-state index is 11.8. The van der Waals surface area contributed by atoms with E-state index in [0.717, 1.165) is 15.7 Å². The van der Waals surface area contributed by atoms with Crippen LogP contribution in [0, 0.1) is 6.92 Å². The molecule has 0 fully saturated rings. The molecule has 2 rings (SSSR count). The van der Waals surface area contributed by atoms with Gasteiger partial charge in [-0.25, -0.2) is 4.79 Å². The lowest BCUT2D eigenvalue weighted by Crippen LogP contribution is -2.35. The number of aryl methyl sites for hydroxylation is 1. The summed E-state index contributed by atoms with van der Waals surface area (Å²) in [6.45, 7) is 1.80. The van der Waals surface area contributed by atoms with Crippen molar-refractivity contribution in [3.8, 4) is 0 Å². The number of anilines is 2. The topological polar surface area (TPSA) is 70.2 Å². The summed E-state index contributed by atoms with van der Waals surface area (Å²) in [5.41, 5.74) is 2.33. The molecule has 3 amide bonds. The molecule has 0 heterocycles. The van der Waals surface area contributed by atoms with Gasteiger partial charge in [-0.1, -0.05) is 34.1 Å². The van der Waals surface area contributed by atoms with Crippen LogP contribution in [0.1, 0.15) is 5.56 Å². The first kappa shape index (κ1) is 16.0. The number of amides is 3. The average Bonchev–Trinajstić information content (AvgIpc) is 2.49. The molecule has 5 nitrogen and oxygen atoms in total. The number of urea groups is 1. The van der Waals surface area contributed by atoms with E-state index in [2.05, 4.69) is 31.9 Å². The number of carbonyl (C=O) groups excluding carboxylic acids is 2. The Kier molecular flexibility index (Phi) is 5.55. The summed E-state index contributed by atoms with van der Waals surface area (Å²) in [5, 5.41) is 7.91. The minimum atomic E-state index is -0.422. The minimum absolute atomic E-state index is 0.103. The fourth-order valence-electron chi connectivity index (χ4n) is 1.82. The van der Waals surface area contributed by atoms with Crippen LogP contribution in [-0.4, -0.2) is 18.5 Å². The summed E-state index contributed by atoms with van der Waals surface area (Å²) in [6.07, 6.45) is 0. The molecule has 2 aromatic rings. The van der Waals surface area contributed by atoms with Gasteiger partial charge < -0.3 is 16.0 Å². The van der Waals surface area contributed by atoms with E-state index in [4.69, 9.17) is 0 Å². The first-order valence-electron chi connectivity index (χ1n) is 6.70. The zero-order valence-electron chi connectivity index (χ0n) is 12.0. The van der Waals surface area contributed by atoms with Gasteiger partial charge in [0.15, 0.2) is 0 Å². The number of halogens is 1. The predicted octanol–water partition coefficient (Wildman–Crippen LogP) is 3.52. The average molecular weight is 362 g/mol. The highest BCUT2D eigenvalue weighted by Crippen LogP contribution is 2.19. The van der Waals surface area contributed by atoms with Crippen molar-refractivity contribution in [3.05, 3.63) is 58.6 Å². The third kappa shape index (κ3) is 4.89. The first-order valence-corrected chi connectivity index (χ1v) is 7.50. The summed E-state index contributed by atoms with van der Waals surface area (Å²) in [6, 6.07) is 14.2. The molecular formula is C16H16BrN3O2. The van der Waals surface area contributed by atoms with Crippen molar-refractivity contribution in [2.24, 2.45) is 0 Å². The number of rotatable bonds is 4. The van der Waals surface area contributed by atoms with E-state index >= 15 is 0 Å². The van der Waals surface area contributed by atoms with E-state index in [1.165, 1.54) is 0 Å². The van der Waals surface area contributed by atoms with Crippen molar-refractivity contribution in [3.63, 3.8) is 0 Å². The molecule has 0 aliphatic carbocycles. The largest absolute Gasteiger partial charge is 0.329 e. The van der Waals surface area contributed by atoms with Crippen LogP contribution in [0.5, 0.6) is 0 Å². The molecule has 6 heteroatoms. The highest BCUT2D eigenvalue weighted by atomic mass is 79.9. The van der Waals surface area contributed by atoms with Gasteiger partial charge in [0.1, 0.15) is 0 Å². The Morgan fingerprint density at radius 3 is 2.45 bits per heavy atom. The lowest BCUT2D eigenvalue weighted by molar-refractivity contribution is -0.115. The number of benzene rings is 2. The van der Waals surface area contributed by atoms with Crippen molar-refractivity contribution in [1.82, 2.24) is 5.32 Å². The predicted molar refractivity (Wildman–Crippen MR) is 91.0 cm³/mol. The van der Waals surface area contributed by atoms with Crippen molar-refractivity contribution in [2.75, 3.05) is 17.2 Å². The van der Waals surface area contributed by atoms with Crippen LogP contribution in [0.4, 0.5) is 16.2 Å². The Hall–Kier alpha value is -2.34. The third-order valence-electron chi connectivity index (χ3n) is 2.90. The van der Waals surface area contributed by atoms with Gasteiger partial charge in [-0.05, 0) is 42.8 Å². The minimum Gasteiger partial charge on any atom is -0.329 e. The standard InChI is InChI=1S/C16H16BrN3O2/c1-11-9-12(17)7-8-14(11)20-15(21)10-18-16(22)19-13-5-3-2-4-6-13/h2-9H,10H2,1H3,(H,20,21)(H2,18,19,22). The van der Waals surface area contributed by atoms with Gasteiger partial charge in [0.25, 0.3) is 0 Å². The van der Waals surface area contributed by atoms with E-state index in [-0.39, 0.29) is 12.5 Å². The lowest BCUT2D eigenvalue weighted by Gasteiger charge is -2.10. The van der Waals surface area contributed by atoms with Crippen LogP contribution in [0.3, 0.4) is 0 Å². The molecule has 114 valence electrons. The summed E-state index contributed by atoms with van der Waals surface area (Å²) < 4.78 is 0.948. The molecule has 0 unspecified atom stereocenters. The molecule has 0 bridgehead atoms. The van der Waals surface area contributed by atoms with Gasteiger partial charge in [0.05, 0.1) is 6.54 Å². The second kappa shape index (κ2) is 7.61. The number of hydrogen-bond donors (Lipinski definition) is 3. The van der Waals surface area contributed by atoms with E-state index in [9.17, 15) is 9.59 Å². The SMILES string of the molecule is Cc1cc(Br)ccc1NC(=O)CNC(=O)Nc1ccccc1. The molecule has 0 aliphatic rings. The Bertz CT molecular complexity index is 674. The summed E-state index contributed by atoms with van der Waals surface area (Å²) in [7, 11) is 0. The van der Waals surface area contributed by atoms with Crippen molar-refractivity contribution in [1.29, 1.82) is 0 Å². The Morgan fingerprint density at radius 2 is 1.77 bits per heavy atom. The van der Waals surface area contributed by atoms with Gasteiger partial charge in [-0.15, -0.1) is 0 Å². The van der Waals surface area contributed by atoms with E-state index in [1.54, 1.807) is 18.2 Å². The van der Waals surface area contributed by atoms with E-state index in [1.807, 2.05) is 37.3 Å². The molecule has 2 aromatic carbocycles. The van der Waals surface area contributed by atoms with Crippen LogP contribution < -0.4 is 16.0 Å². The number of nitrogens with one attached hydrogen (secondary N) is 3. The Morgan fingerprint density at radius 1 is 1.05 bits per heavy atom. The highest BCUT2D eigenvalue weighted by Gasteiger charge is 2.07. The molecule has 0 saturated carbocycles. The molecule has 0 aliphatic heterocycles. The molecule has 0 saturated heterocycles. The van der Waals surface area contributed by atoms with Crippen LogP contribution in [0.2, 0.25) is 0 Å². The smallest absolute Gasteiger partial charge is 0.319 e. The van der Waals surface area contributed by atoms with Gasteiger partial charge in [-0.2, -0.15) is 0 Å². The van der Waals surface area contributed by atoms with Crippen molar-refractivity contribution < 1.29 is 9.59 Å². The van der Waals surface area contributed by atoms with E-state index in [0.29, 0.717) is 5.69 Å². The third-order valence-corrected chi connectivity index (χ3v) is 3.40. The summed E-state index contributed by atoms with van der Waals surface area (Å²) in [4.78, 5) is 23.5. The van der Waals surface area contributed by atoms with Crippen molar-refractivity contribution in [2.45, 2.75) is 6.92 Å². The van der Waals surface area contributed by atoms with Gasteiger partial charge in [-0.3, -0.25) is 4.79 Å². The lowest BCUT2D eigenvalue weighted by atomic mass is 10.2. The maximum absolute atomic E-state index is 11.8. The van der Waals surface area contributed by atoms with Crippen molar-refractivity contribution >= 4 is 39.2 Å². The molecular weight excluding hydrogens is 346 g/mol. The van der Waals surface area contributed by atoms with Gasteiger partial charge in [0.2, 0.25) is 5.91 Å². The molecule has 0 atom stereocenters. The number of para-hydroxylation sites is 1. The zero-order valence-corrected chi connectivity index (χ0v) is 13.6. The second-order valence-electron chi connectivity index (χ2n) is 4.68. The monoisotopic (exact) mass is 361 g/mol. The number of hydrogen-bond acceptors (Lipinski definition) is 2. The molecule has 22 heavy (non-hydrogen) atoms. The maximum Gasteiger partial charge on any atom is 0.319 e. The van der Waals surface area contributed by atoms with Crippen LogP contribution in [-0.2, 0) is 4.79 Å². The first-order chi connectivity index (χ1) is 10.5. The fourth-order valence-corrected chi connectivity index (χ4v) is 2.29. The highest BCUT2D eigenvalue weighted by molar-refractivity contribution is 9.10. The second-order valence-corrected chi connectivity index (χ2v) is 5.60. The van der Waals surface area contributed by atoms with Gasteiger partial charge >= 0.3 is 6.03 Å². The molecule has 0 radical (unpaired) electrons. The quantitative estimate of drug-likeness (QED) is 0.779. The zero-order chi connectivity index (χ0) is 15.9. The number of carbonyl (C=O) groups is 2. The Balaban J connectivity index is 1.81. The van der Waals surface area contributed by atoms with Gasteiger partial charge in [0, 0.05) is 15.8 Å². The Labute approximate surface area is 137 Å². The van der Waals surface area contributed by atoms with Crippen LogP contribution in [0.15, 0.2) is 53.0 Å². The summed E-state index contributed by atoms with van der Waals surface area (Å²) >= 11 is 3.37.